The molecule has 0 aliphatic heterocycles. The van der Waals surface area contributed by atoms with E-state index in [0.717, 1.165) is 20.0 Å². The third kappa shape index (κ3) is 4.79. The zero-order chi connectivity index (χ0) is 13.8. The summed E-state index contributed by atoms with van der Waals surface area (Å²) in [5, 5.41) is 10.2. The molecule has 8 heteroatoms. The van der Waals surface area contributed by atoms with Gasteiger partial charge in [0.25, 0.3) is 0 Å². The molecule has 0 heterocycles. The third-order valence-electron chi connectivity index (χ3n) is 3.06. The van der Waals surface area contributed by atoms with Crippen LogP contribution in [0.5, 0.6) is 0 Å². The Bertz CT molecular complexity index is 397. The Morgan fingerprint density at radius 1 is 1.56 bits per heavy atom. The molecule has 0 aromatic rings. The van der Waals surface area contributed by atoms with Crippen molar-refractivity contribution in [2.75, 3.05) is 13.7 Å². The molecule has 0 radical (unpaired) electrons. The lowest BCUT2D eigenvalue weighted by molar-refractivity contribution is -0.00758. The van der Waals surface area contributed by atoms with E-state index in [1.165, 1.54) is 0 Å². The first kappa shape index (κ1) is 15.2. The van der Waals surface area contributed by atoms with E-state index >= 15 is 0 Å². The summed E-state index contributed by atoms with van der Waals surface area (Å²) in [4.78, 5) is 10.8. The van der Waals surface area contributed by atoms with Crippen molar-refractivity contribution >= 4 is 16.3 Å². The molecule has 1 aliphatic carbocycles. The van der Waals surface area contributed by atoms with Gasteiger partial charge in [0.15, 0.2) is 0 Å². The van der Waals surface area contributed by atoms with Crippen LogP contribution in [0, 0.1) is 5.92 Å². The molecule has 18 heavy (non-hydrogen) atoms. The smallest absolute Gasteiger partial charge is 0.421 e. The van der Waals surface area contributed by atoms with Crippen LogP contribution in [0.3, 0.4) is 0 Å². The van der Waals surface area contributed by atoms with E-state index in [-0.39, 0.29) is 6.54 Å². The summed E-state index contributed by atoms with van der Waals surface area (Å²) in [6, 6.07) is 0. The Morgan fingerprint density at radius 2 is 2.22 bits per heavy atom. The highest BCUT2D eigenvalue weighted by atomic mass is 32.2. The van der Waals surface area contributed by atoms with Crippen LogP contribution in [0.4, 0.5) is 4.79 Å². The van der Waals surface area contributed by atoms with Crippen molar-refractivity contribution in [2.45, 2.75) is 38.2 Å². The van der Waals surface area contributed by atoms with Crippen LogP contribution in [0.2, 0.25) is 0 Å². The number of rotatable bonds is 4. The molecule has 0 bridgehead atoms. The Morgan fingerprint density at radius 3 is 2.78 bits per heavy atom. The van der Waals surface area contributed by atoms with Crippen molar-refractivity contribution in [1.29, 1.82) is 0 Å². The highest BCUT2D eigenvalue weighted by molar-refractivity contribution is 7.88. The van der Waals surface area contributed by atoms with Gasteiger partial charge in [-0.1, -0.05) is 19.8 Å². The van der Waals surface area contributed by atoms with Gasteiger partial charge < -0.3 is 9.84 Å². The van der Waals surface area contributed by atoms with E-state index in [9.17, 15) is 18.3 Å². The van der Waals surface area contributed by atoms with Gasteiger partial charge in [0.2, 0.25) is 0 Å². The second kappa shape index (κ2) is 5.85. The first-order valence-corrected chi connectivity index (χ1v) is 7.32. The van der Waals surface area contributed by atoms with Crippen LogP contribution in [0.15, 0.2) is 0 Å². The standard InChI is InChI=1S/C10H20N2O5S/c1-8-4-3-5-10(14,6-8)7-11-18(15,16)12-9(13)17-2/h8,11,14H,3-7H2,1-2H3,(H,12,13). The molecule has 2 atom stereocenters. The fraction of sp³-hybridized carbons (Fsp3) is 0.900. The van der Waals surface area contributed by atoms with Gasteiger partial charge in [-0.05, 0) is 18.8 Å². The first-order chi connectivity index (χ1) is 8.26. The van der Waals surface area contributed by atoms with Gasteiger partial charge in [-0.15, -0.1) is 0 Å². The van der Waals surface area contributed by atoms with E-state index in [2.05, 4.69) is 9.46 Å². The topological polar surface area (TPSA) is 105 Å². The number of carbonyl (C=O) groups excluding carboxylic acids is 1. The average molecular weight is 280 g/mol. The summed E-state index contributed by atoms with van der Waals surface area (Å²) < 4.78 is 30.9. The highest BCUT2D eigenvalue weighted by Crippen LogP contribution is 2.31. The number of carbonyl (C=O) groups is 1. The second-order valence-electron chi connectivity index (χ2n) is 4.84. The molecule has 0 saturated heterocycles. The quantitative estimate of drug-likeness (QED) is 0.678. The second-order valence-corrected chi connectivity index (χ2v) is 6.34. The monoisotopic (exact) mass is 280 g/mol. The molecule has 2 unspecified atom stereocenters. The molecule has 0 spiro atoms. The Kier molecular flexibility index (Phi) is 4.94. The van der Waals surface area contributed by atoms with E-state index in [1.807, 2.05) is 6.92 Å². The summed E-state index contributed by atoms with van der Waals surface area (Å²) in [5.74, 6) is 0.363. The number of hydrogen-bond acceptors (Lipinski definition) is 5. The van der Waals surface area contributed by atoms with E-state index in [0.29, 0.717) is 18.8 Å². The van der Waals surface area contributed by atoms with Crippen molar-refractivity contribution in [1.82, 2.24) is 9.44 Å². The molecular formula is C10H20N2O5S. The maximum Gasteiger partial charge on any atom is 0.421 e. The molecule has 3 N–H and O–H groups in total. The van der Waals surface area contributed by atoms with Crippen molar-refractivity contribution in [2.24, 2.45) is 5.92 Å². The molecule has 1 aliphatic rings. The zero-order valence-electron chi connectivity index (χ0n) is 10.6. The molecule has 1 rings (SSSR count). The molecule has 1 amide bonds. The van der Waals surface area contributed by atoms with E-state index in [4.69, 9.17) is 0 Å². The summed E-state index contributed by atoms with van der Waals surface area (Å²) >= 11 is 0. The Balaban J connectivity index is 2.51. The zero-order valence-corrected chi connectivity index (χ0v) is 11.4. The number of methoxy groups -OCH3 is 1. The number of nitrogens with one attached hydrogen (secondary N) is 2. The van der Waals surface area contributed by atoms with Crippen LogP contribution in [0.25, 0.3) is 0 Å². The summed E-state index contributed by atoms with van der Waals surface area (Å²) in [7, 11) is -2.91. The molecular weight excluding hydrogens is 260 g/mol. The lowest BCUT2D eigenvalue weighted by Gasteiger charge is -2.35. The van der Waals surface area contributed by atoms with Crippen LogP contribution >= 0.6 is 0 Å². The van der Waals surface area contributed by atoms with Crippen LogP contribution in [0.1, 0.15) is 32.6 Å². The number of aliphatic hydroxyl groups is 1. The van der Waals surface area contributed by atoms with Gasteiger partial charge in [-0.25, -0.2) is 9.52 Å². The molecule has 1 saturated carbocycles. The molecule has 0 aromatic carbocycles. The predicted octanol–water partition coefficient (Wildman–Crippen LogP) is 0.118. The van der Waals surface area contributed by atoms with Crippen LogP contribution in [-0.2, 0) is 14.9 Å². The van der Waals surface area contributed by atoms with Crippen LogP contribution < -0.4 is 9.44 Å². The van der Waals surface area contributed by atoms with Crippen molar-refractivity contribution < 1.29 is 23.1 Å². The number of amides is 1. The largest absolute Gasteiger partial charge is 0.452 e. The summed E-state index contributed by atoms with van der Waals surface area (Å²) in [5.41, 5.74) is -1.04. The van der Waals surface area contributed by atoms with E-state index < -0.39 is 21.9 Å². The molecule has 106 valence electrons. The van der Waals surface area contributed by atoms with Crippen LogP contribution in [-0.4, -0.2) is 38.9 Å². The third-order valence-corrected chi connectivity index (χ3v) is 4.02. The lowest BCUT2D eigenvalue weighted by atomic mass is 9.79. The molecule has 1 fully saturated rings. The van der Waals surface area contributed by atoms with Gasteiger partial charge in [0.05, 0.1) is 12.7 Å². The minimum atomic E-state index is -3.98. The van der Waals surface area contributed by atoms with Crippen molar-refractivity contribution in [3.8, 4) is 0 Å². The minimum Gasteiger partial charge on any atom is -0.452 e. The fourth-order valence-corrected chi connectivity index (χ4v) is 3.04. The lowest BCUT2D eigenvalue weighted by Crippen LogP contribution is -2.49. The number of hydrogen-bond donors (Lipinski definition) is 3. The maximum atomic E-state index is 11.4. The van der Waals surface area contributed by atoms with Gasteiger partial charge in [-0.3, -0.25) is 0 Å². The van der Waals surface area contributed by atoms with E-state index in [1.54, 1.807) is 4.72 Å². The van der Waals surface area contributed by atoms with Gasteiger partial charge in [0.1, 0.15) is 0 Å². The minimum absolute atomic E-state index is 0.107. The van der Waals surface area contributed by atoms with Gasteiger partial charge in [-0.2, -0.15) is 13.1 Å². The summed E-state index contributed by atoms with van der Waals surface area (Å²) in [6.07, 6.45) is 1.94. The predicted molar refractivity (Wildman–Crippen MR) is 65.0 cm³/mol. The number of ether oxygens (including phenoxy) is 1. The Labute approximate surface area is 107 Å². The van der Waals surface area contributed by atoms with Crippen molar-refractivity contribution in [3.05, 3.63) is 0 Å². The SMILES string of the molecule is COC(=O)NS(=O)(=O)NCC1(O)CCCC(C)C1. The molecule has 0 aromatic heterocycles. The highest BCUT2D eigenvalue weighted by Gasteiger charge is 2.33. The fourth-order valence-electron chi connectivity index (χ4n) is 2.21. The van der Waals surface area contributed by atoms with Gasteiger partial charge in [0, 0.05) is 6.54 Å². The summed E-state index contributed by atoms with van der Waals surface area (Å²) in [6.45, 7) is 1.91. The normalized spacial score (nSPS) is 28.7. The maximum absolute atomic E-state index is 11.4. The van der Waals surface area contributed by atoms with Crippen molar-refractivity contribution in [3.63, 3.8) is 0 Å². The van der Waals surface area contributed by atoms with Gasteiger partial charge >= 0.3 is 16.3 Å². The molecule has 7 nitrogen and oxygen atoms in total. The average Bonchev–Trinajstić information content (AvgIpc) is 2.26. The Hall–Kier alpha value is -0.860. The first-order valence-electron chi connectivity index (χ1n) is 5.84.